The zero-order chi connectivity index (χ0) is 5.28. The fourth-order valence-corrected chi connectivity index (χ4v) is 0.602. The second-order valence-corrected chi connectivity index (χ2v) is 1.66. The van der Waals surface area contributed by atoms with Crippen LogP contribution in [0, 0.1) is 0 Å². The molecule has 1 saturated heterocycles. The predicted octanol–water partition coefficient (Wildman–Crippen LogP) is -2.29. The maximum absolute atomic E-state index is 5.37. The Morgan fingerprint density at radius 2 is 2.14 bits per heavy atom. The van der Waals surface area contributed by atoms with Crippen molar-refractivity contribution < 1.29 is 0 Å². The largest absolute Gasteiger partial charge is 0.315 e. The molecule has 1 aliphatic heterocycles. The zero-order valence-corrected chi connectivity index (χ0v) is 4.02. The standard InChI is InChI=1S/C3H10N4/c4-2-1-6-3(5)7-2/h2-3,6-7H,1,4-5H2. The summed E-state index contributed by atoms with van der Waals surface area (Å²) in [7, 11) is 0. The van der Waals surface area contributed by atoms with Gasteiger partial charge in [-0.1, -0.05) is 0 Å². The second-order valence-electron chi connectivity index (χ2n) is 1.66. The van der Waals surface area contributed by atoms with Crippen molar-refractivity contribution in [1.82, 2.24) is 10.6 Å². The third kappa shape index (κ3) is 1.10. The molecular weight excluding hydrogens is 92.1 g/mol. The first kappa shape index (κ1) is 4.99. The van der Waals surface area contributed by atoms with Gasteiger partial charge in [-0.15, -0.1) is 0 Å². The minimum atomic E-state index is -0.102. The van der Waals surface area contributed by atoms with E-state index < -0.39 is 0 Å². The van der Waals surface area contributed by atoms with Gasteiger partial charge in [0.2, 0.25) is 0 Å². The average molecular weight is 102 g/mol. The Balaban J connectivity index is 2.26. The van der Waals surface area contributed by atoms with E-state index in [9.17, 15) is 0 Å². The minimum absolute atomic E-state index is 0.0370. The number of nitrogens with two attached hydrogens (primary N) is 2. The first-order chi connectivity index (χ1) is 3.29. The van der Waals surface area contributed by atoms with Crippen molar-refractivity contribution in [3.8, 4) is 0 Å². The van der Waals surface area contributed by atoms with Crippen molar-refractivity contribution in [2.24, 2.45) is 11.5 Å². The summed E-state index contributed by atoms with van der Waals surface area (Å²) in [5, 5.41) is 5.77. The Labute approximate surface area is 42.2 Å². The molecular formula is C3H10N4. The molecule has 0 radical (unpaired) electrons. The van der Waals surface area contributed by atoms with Crippen LogP contribution in [0.1, 0.15) is 0 Å². The molecule has 0 amide bonds. The molecule has 1 heterocycles. The molecule has 7 heavy (non-hydrogen) atoms. The normalized spacial score (nSPS) is 42.0. The Hall–Kier alpha value is -0.160. The van der Waals surface area contributed by atoms with Gasteiger partial charge in [-0.05, 0) is 0 Å². The van der Waals surface area contributed by atoms with Crippen LogP contribution >= 0.6 is 0 Å². The van der Waals surface area contributed by atoms with Gasteiger partial charge in [-0.2, -0.15) is 0 Å². The van der Waals surface area contributed by atoms with Crippen LogP contribution in [0.15, 0.2) is 0 Å². The van der Waals surface area contributed by atoms with E-state index in [-0.39, 0.29) is 12.5 Å². The number of hydrogen-bond acceptors (Lipinski definition) is 4. The molecule has 1 fully saturated rings. The fraction of sp³-hybridized carbons (Fsp3) is 1.00. The van der Waals surface area contributed by atoms with E-state index in [1.165, 1.54) is 0 Å². The molecule has 0 saturated carbocycles. The Bertz CT molecular complexity index is 56.0. The van der Waals surface area contributed by atoms with Crippen LogP contribution in [0.3, 0.4) is 0 Å². The topological polar surface area (TPSA) is 76.1 Å². The van der Waals surface area contributed by atoms with Crippen molar-refractivity contribution in [1.29, 1.82) is 0 Å². The Kier molecular flexibility index (Phi) is 1.25. The highest BCUT2D eigenvalue weighted by Gasteiger charge is 2.13. The van der Waals surface area contributed by atoms with Crippen LogP contribution in [0.2, 0.25) is 0 Å². The van der Waals surface area contributed by atoms with Gasteiger partial charge in [-0.25, -0.2) is 0 Å². The number of hydrogen-bond donors (Lipinski definition) is 4. The third-order valence-electron chi connectivity index (χ3n) is 0.951. The summed E-state index contributed by atoms with van der Waals surface area (Å²) in [6.07, 6.45) is -0.0648. The van der Waals surface area contributed by atoms with E-state index in [1.54, 1.807) is 0 Å². The van der Waals surface area contributed by atoms with Gasteiger partial charge in [0.25, 0.3) is 0 Å². The van der Waals surface area contributed by atoms with E-state index >= 15 is 0 Å². The average Bonchev–Trinajstić information content (AvgIpc) is 1.87. The summed E-state index contributed by atoms with van der Waals surface area (Å²) >= 11 is 0. The van der Waals surface area contributed by atoms with Crippen molar-refractivity contribution in [2.45, 2.75) is 12.5 Å². The van der Waals surface area contributed by atoms with Crippen molar-refractivity contribution >= 4 is 0 Å². The zero-order valence-electron chi connectivity index (χ0n) is 4.02. The highest BCUT2D eigenvalue weighted by Crippen LogP contribution is 1.78. The molecule has 1 aliphatic rings. The van der Waals surface area contributed by atoms with E-state index in [1.807, 2.05) is 0 Å². The minimum Gasteiger partial charge on any atom is -0.315 e. The SMILES string of the molecule is NC1CNC(N)N1. The third-order valence-corrected chi connectivity index (χ3v) is 0.951. The molecule has 6 N–H and O–H groups in total. The highest BCUT2D eigenvalue weighted by atomic mass is 15.3. The molecule has 1 rings (SSSR count). The Morgan fingerprint density at radius 3 is 2.29 bits per heavy atom. The van der Waals surface area contributed by atoms with Crippen LogP contribution in [0.5, 0.6) is 0 Å². The van der Waals surface area contributed by atoms with Crippen LogP contribution in [0.25, 0.3) is 0 Å². The van der Waals surface area contributed by atoms with Gasteiger partial charge < -0.3 is 11.5 Å². The molecule has 4 nitrogen and oxygen atoms in total. The van der Waals surface area contributed by atoms with Crippen LogP contribution in [0.4, 0.5) is 0 Å². The number of rotatable bonds is 0. The fourth-order valence-electron chi connectivity index (χ4n) is 0.602. The number of nitrogens with one attached hydrogen (secondary N) is 2. The van der Waals surface area contributed by atoms with Gasteiger partial charge in [0, 0.05) is 6.54 Å². The van der Waals surface area contributed by atoms with E-state index in [4.69, 9.17) is 11.5 Å². The van der Waals surface area contributed by atoms with Crippen molar-refractivity contribution in [2.75, 3.05) is 6.54 Å². The van der Waals surface area contributed by atoms with Gasteiger partial charge in [0.1, 0.15) is 6.29 Å². The van der Waals surface area contributed by atoms with E-state index in [0.29, 0.717) is 0 Å². The Morgan fingerprint density at radius 1 is 1.43 bits per heavy atom. The van der Waals surface area contributed by atoms with Gasteiger partial charge in [0.15, 0.2) is 0 Å². The lowest BCUT2D eigenvalue weighted by atomic mass is 10.6. The maximum atomic E-state index is 5.37. The lowest BCUT2D eigenvalue weighted by Crippen LogP contribution is -2.43. The molecule has 0 aliphatic carbocycles. The molecule has 0 aromatic rings. The summed E-state index contributed by atoms with van der Waals surface area (Å²) in [5.41, 5.74) is 10.7. The summed E-state index contributed by atoms with van der Waals surface area (Å²) in [4.78, 5) is 0. The predicted molar refractivity (Wildman–Crippen MR) is 27.1 cm³/mol. The molecule has 4 heteroatoms. The molecule has 0 aromatic carbocycles. The smallest absolute Gasteiger partial charge is 0.110 e. The second kappa shape index (κ2) is 1.75. The lowest BCUT2D eigenvalue weighted by Gasteiger charge is -2.01. The van der Waals surface area contributed by atoms with Gasteiger partial charge >= 0.3 is 0 Å². The van der Waals surface area contributed by atoms with Crippen LogP contribution in [-0.2, 0) is 0 Å². The van der Waals surface area contributed by atoms with E-state index in [0.717, 1.165) is 6.54 Å². The molecule has 0 bridgehead atoms. The molecule has 2 atom stereocenters. The van der Waals surface area contributed by atoms with Gasteiger partial charge in [-0.3, -0.25) is 10.6 Å². The monoisotopic (exact) mass is 102 g/mol. The van der Waals surface area contributed by atoms with Crippen LogP contribution < -0.4 is 22.1 Å². The highest BCUT2D eigenvalue weighted by molar-refractivity contribution is 4.73. The maximum Gasteiger partial charge on any atom is 0.110 e. The van der Waals surface area contributed by atoms with Crippen molar-refractivity contribution in [3.63, 3.8) is 0 Å². The summed E-state index contributed by atoms with van der Waals surface area (Å²) in [6, 6.07) is 0. The van der Waals surface area contributed by atoms with Crippen LogP contribution in [-0.4, -0.2) is 19.0 Å². The molecule has 2 unspecified atom stereocenters. The summed E-state index contributed by atoms with van der Waals surface area (Å²) in [5.74, 6) is 0. The van der Waals surface area contributed by atoms with Gasteiger partial charge in [0.05, 0.1) is 6.17 Å². The first-order valence-corrected chi connectivity index (χ1v) is 2.29. The van der Waals surface area contributed by atoms with Crippen molar-refractivity contribution in [3.05, 3.63) is 0 Å². The lowest BCUT2D eigenvalue weighted by molar-refractivity contribution is 0.544. The van der Waals surface area contributed by atoms with E-state index in [2.05, 4.69) is 10.6 Å². The molecule has 0 spiro atoms. The quantitative estimate of drug-likeness (QED) is 0.277. The molecule has 0 aromatic heterocycles. The summed E-state index contributed by atoms with van der Waals surface area (Å²) < 4.78 is 0. The first-order valence-electron chi connectivity index (χ1n) is 2.29. The summed E-state index contributed by atoms with van der Waals surface area (Å²) in [6.45, 7) is 0.765. The molecule has 42 valence electrons.